The maximum Gasteiger partial charge on any atom is 0.271 e. The van der Waals surface area contributed by atoms with Crippen LogP contribution in [-0.4, -0.2) is 23.2 Å². The minimum atomic E-state index is -0.959. The number of hydrogen-bond donors (Lipinski definition) is 0. The summed E-state index contributed by atoms with van der Waals surface area (Å²) in [6.45, 7) is 3.90. The van der Waals surface area contributed by atoms with Gasteiger partial charge >= 0.3 is 0 Å². The van der Waals surface area contributed by atoms with E-state index in [-0.39, 0.29) is 17.6 Å². The lowest BCUT2D eigenvalue weighted by Crippen LogP contribution is -2.52. The van der Waals surface area contributed by atoms with Crippen LogP contribution in [0.2, 0.25) is 0 Å². The molecule has 0 atom stereocenters. The van der Waals surface area contributed by atoms with Crippen molar-refractivity contribution in [2.75, 3.05) is 10.8 Å². The van der Waals surface area contributed by atoms with E-state index >= 15 is 0 Å². The van der Waals surface area contributed by atoms with Crippen LogP contribution in [0.25, 0.3) is 0 Å². The van der Waals surface area contributed by atoms with Gasteiger partial charge in [0.15, 0.2) is 11.4 Å². The van der Waals surface area contributed by atoms with Crippen molar-refractivity contribution in [1.29, 1.82) is 0 Å². The predicted octanol–water partition coefficient (Wildman–Crippen LogP) is 3.81. The Morgan fingerprint density at radius 1 is 1.17 bits per heavy atom. The summed E-state index contributed by atoms with van der Waals surface area (Å²) in [5.41, 5.74) is 1.11. The van der Waals surface area contributed by atoms with Gasteiger partial charge in [-0.15, -0.1) is 11.6 Å². The van der Waals surface area contributed by atoms with Gasteiger partial charge in [-0.2, -0.15) is 0 Å². The highest BCUT2D eigenvalue weighted by atomic mass is 35.5. The zero-order chi connectivity index (χ0) is 17.3. The first-order valence-electron chi connectivity index (χ1n) is 7.70. The molecule has 1 heterocycles. The molecule has 2 aromatic carbocycles. The minimum absolute atomic E-state index is 0.0994. The van der Waals surface area contributed by atoms with Gasteiger partial charge in [-0.25, -0.2) is 0 Å². The summed E-state index contributed by atoms with van der Waals surface area (Å²) in [4.78, 5) is 26.4. The second-order valence-electron chi connectivity index (χ2n) is 6.23. The third-order valence-corrected chi connectivity index (χ3v) is 4.24. The fourth-order valence-corrected chi connectivity index (χ4v) is 2.90. The van der Waals surface area contributed by atoms with Crippen LogP contribution in [0.3, 0.4) is 0 Å². The Bertz CT molecular complexity index is 786. The lowest BCUT2D eigenvalue weighted by molar-refractivity contribution is -0.132. The molecule has 0 bridgehead atoms. The molecule has 0 aromatic heterocycles. The topological polar surface area (TPSA) is 46.6 Å². The number of halogens is 1. The number of ether oxygens (including phenoxy) is 1. The molecule has 24 heavy (non-hydrogen) atoms. The summed E-state index contributed by atoms with van der Waals surface area (Å²) in [7, 11) is 0. The smallest absolute Gasteiger partial charge is 0.271 e. The zero-order valence-electron chi connectivity index (χ0n) is 13.6. The van der Waals surface area contributed by atoms with Gasteiger partial charge in [-0.3, -0.25) is 9.59 Å². The lowest BCUT2D eigenvalue weighted by atomic mass is 10.0. The number of anilines is 1. The molecule has 0 radical (unpaired) electrons. The Labute approximate surface area is 146 Å². The molecular weight excluding hydrogens is 326 g/mol. The predicted molar refractivity (Wildman–Crippen MR) is 93.8 cm³/mol. The van der Waals surface area contributed by atoms with Gasteiger partial charge in [0.1, 0.15) is 5.75 Å². The van der Waals surface area contributed by atoms with E-state index in [4.69, 9.17) is 16.3 Å². The number of hydrogen-bond acceptors (Lipinski definition) is 3. The highest BCUT2D eigenvalue weighted by Gasteiger charge is 2.41. The van der Waals surface area contributed by atoms with Gasteiger partial charge in [0, 0.05) is 5.56 Å². The van der Waals surface area contributed by atoms with Crippen LogP contribution in [0, 0.1) is 0 Å². The average Bonchev–Trinajstić information content (AvgIpc) is 2.58. The number of nitrogens with zero attached hydrogens (tertiary/aromatic N) is 1. The Hall–Kier alpha value is -2.33. The summed E-state index contributed by atoms with van der Waals surface area (Å²) >= 11 is 5.65. The van der Waals surface area contributed by atoms with Crippen molar-refractivity contribution < 1.29 is 14.3 Å². The highest BCUT2D eigenvalue weighted by molar-refractivity contribution is 6.30. The number of ketones is 1. The largest absolute Gasteiger partial charge is 0.476 e. The summed E-state index contributed by atoms with van der Waals surface area (Å²) < 4.78 is 5.83. The molecule has 124 valence electrons. The first kappa shape index (κ1) is 16.5. The second-order valence-corrected chi connectivity index (χ2v) is 6.50. The summed E-state index contributed by atoms with van der Waals surface area (Å²) in [5.74, 6) is 0.157. The molecule has 0 saturated heterocycles. The molecule has 1 amide bonds. The lowest BCUT2D eigenvalue weighted by Gasteiger charge is -2.39. The van der Waals surface area contributed by atoms with Gasteiger partial charge in [0.25, 0.3) is 5.91 Å². The number of carbonyl (C=O) groups is 2. The van der Waals surface area contributed by atoms with E-state index in [1.807, 2.05) is 30.3 Å². The fraction of sp³-hybridized carbons (Fsp3) is 0.263. The standard InChI is InChI=1S/C19H18ClNO3/c1-19(2)18(23)21(12-13-6-4-3-5-7-13)15-10-14(16(22)11-20)8-9-17(15)24-19/h3-10H,11-12H2,1-2H3. The van der Waals surface area contributed by atoms with E-state index in [1.54, 1.807) is 36.9 Å². The molecule has 5 heteroatoms. The van der Waals surface area contributed by atoms with Gasteiger partial charge in [-0.1, -0.05) is 30.3 Å². The van der Waals surface area contributed by atoms with Crippen LogP contribution in [0.1, 0.15) is 29.8 Å². The maximum absolute atomic E-state index is 12.9. The number of alkyl halides is 1. The second kappa shape index (κ2) is 6.29. The maximum atomic E-state index is 12.9. The van der Waals surface area contributed by atoms with Crippen LogP contribution in [0.5, 0.6) is 5.75 Å². The molecule has 0 fully saturated rings. The van der Waals surface area contributed by atoms with Crippen LogP contribution in [0.4, 0.5) is 5.69 Å². The van der Waals surface area contributed by atoms with Crippen molar-refractivity contribution in [3.63, 3.8) is 0 Å². The van der Waals surface area contributed by atoms with Gasteiger partial charge in [0.2, 0.25) is 0 Å². The Balaban J connectivity index is 2.06. The number of amides is 1. The normalized spacial score (nSPS) is 15.6. The summed E-state index contributed by atoms with van der Waals surface area (Å²) in [6.07, 6.45) is 0. The van der Waals surface area contributed by atoms with E-state index in [1.165, 1.54) is 0 Å². The fourth-order valence-electron chi connectivity index (χ4n) is 2.74. The average molecular weight is 344 g/mol. The Morgan fingerprint density at radius 2 is 1.88 bits per heavy atom. The van der Waals surface area contributed by atoms with Crippen molar-refractivity contribution >= 4 is 29.0 Å². The molecule has 2 aromatic rings. The molecule has 1 aliphatic heterocycles. The molecule has 0 spiro atoms. The van der Waals surface area contributed by atoms with E-state index in [0.29, 0.717) is 23.5 Å². The van der Waals surface area contributed by atoms with E-state index in [9.17, 15) is 9.59 Å². The van der Waals surface area contributed by atoms with Gasteiger partial charge in [-0.05, 0) is 37.6 Å². The van der Waals surface area contributed by atoms with Crippen molar-refractivity contribution in [2.24, 2.45) is 0 Å². The molecule has 0 unspecified atom stereocenters. The molecule has 3 rings (SSSR count). The molecule has 1 aliphatic rings. The Morgan fingerprint density at radius 3 is 2.54 bits per heavy atom. The SMILES string of the molecule is CC1(C)Oc2ccc(C(=O)CCl)cc2N(Cc2ccccc2)C1=O. The van der Waals surface area contributed by atoms with Crippen LogP contribution < -0.4 is 9.64 Å². The van der Waals surface area contributed by atoms with E-state index < -0.39 is 5.60 Å². The van der Waals surface area contributed by atoms with E-state index in [0.717, 1.165) is 5.56 Å². The van der Waals surface area contributed by atoms with Crippen molar-refractivity contribution in [2.45, 2.75) is 26.0 Å². The number of benzene rings is 2. The van der Waals surface area contributed by atoms with E-state index in [2.05, 4.69) is 0 Å². The minimum Gasteiger partial charge on any atom is -0.476 e. The monoisotopic (exact) mass is 343 g/mol. The first-order chi connectivity index (χ1) is 11.4. The van der Waals surface area contributed by atoms with Crippen LogP contribution >= 0.6 is 11.6 Å². The van der Waals surface area contributed by atoms with Gasteiger partial charge in [0.05, 0.1) is 18.1 Å². The third-order valence-electron chi connectivity index (χ3n) is 4.00. The van der Waals surface area contributed by atoms with Crippen molar-refractivity contribution in [3.05, 3.63) is 59.7 Å². The Kier molecular flexibility index (Phi) is 4.33. The van der Waals surface area contributed by atoms with Crippen molar-refractivity contribution in [3.8, 4) is 5.75 Å². The number of carbonyl (C=O) groups excluding carboxylic acids is 2. The first-order valence-corrected chi connectivity index (χ1v) is 8.24. The zero-order valence-corrected chi connectivity index (χ0v) is 14.3. The summed E-state index contributed by atoms with van der Waals surface area (Å²) in [6, 6.07) is 14.8. The molecule has 0 N–H and O–H groups in total. The highest BCUT2D eigenvalue weighted by Crippen LogP contribution is 2.39. The number of Topliss-reactive ketones (excluding diaryl/α,β-unsaturated/α-hetero) is 1. The number of rotatable bonds is 4. The molecule has 0 aliphatic carbocycles. The quantitative estimate of drug-likeness (QED) is 0.626. The molecular formula is C19H18ClNO3. The van der Waals surface area contributed by atoms with Crippen LogP contribution in [0.15, 0.2) is 48.5 Å². The van der Waals surface area contributed by atoms with Crippen molar-refractivity contribution in [1.82, 2.24) is 0 Å². The van der Waals surface area contributed by atoms with Gasteiger partial charge < -0.3 is 9.64 Å². The van der Waals surface area contributed by atoms with Crippen LogP contribution in [-0.2, 0) is 11.3 Å². The third kappa shape index (κ3) is 3.02. The number of fused-ring (bicyclic) bond motifs is 1. The summed E-state index contributed by atoms with van der Waals surface area (Å²) in [5, 5.41) is 0. The molecule has 4 nitrogen and oxygen atoms in total. The molecule has 0 saturated carbocycles.